The summed E-state index contributed by atoms with van der Waals surface area (Å²) in [6.07, 6.45) is 0. The summed E-state index contributed by atoms with van der Waals surface area (Å²) in [6, 6.07) is 8.30. The Morgan fingerprint density at radius 1 is 1.25 bits per heavy atom. The molecule has 11 heteroatoms. The Bertz CT molecular complexity index is 516. The normalized spacial score (nSPS) is 12.4. The van der Waals surface area contributed by atoms with E-state index in [-0.39, 0.29) is 5.48 Å². The SMILES string of the molecule is O.O=S(=O)([O-])C(F)(F)F.[NH3+][C@H](C(=O)O)c1ccccc1. The Hall–Kier alpha value is -1.69. The summed E-state index contributed by atoms with van der Waals surface area (Å²) in [5.74, 6) is -0.892. The van der Waals surface area contributed by atoms with Gasteiger partial charge >= 0.3 is 11.5 Å². The molecule has 116 valence electrons. The van der Waals surface area contributed by atoms with Crippen molar-refractivity contribution in [3.8, 4) is 0 Å². The van der Waals surface area contributed by atoms with Gasteiger partial charge in [0.25, 0.3) is 0 Å². The second-order valence-electron chi connectivity index (χ2n) is 3.20. The van der Waals surface area contributed by atoms with Crippen LogP contribution in [0.5, 0.6) is 0 Å². The summed E-state index contributed by atoms with van der Waals surface area (Å²) in [5, 5.41) is 8.57. The molecule has 7 nitrogen and oxygen atoms in total. The van der Waals surface area contributed by atoms with Crippen LogP contribution in [0.1, 0.15) is 11.6 Å². The van der Waals surface area contributed by atoms with Crippen LogP contribution in [0.25, 0.3) is 0 Å². The first-order chi connectivity index (χ1) is 8.47. The van der Waals surface area contributed by atoms with Gasteiger partial charge in [-0.25, -0.2) is 13.2 Å². The number of hydrogen-bond donors (Lipinski definition) is 2. The fourth-order valence-corrected chi connectivity index (χ4v) is 0.828. The van der Waals surface area contributed by atoms with E-state index in [9.17, 15) is 18.0 Å². The van der Waals surface area contributed by atoms with Crippen molar-refractivity contribution in [2.75, 3.05) is 0 Å². The second kappa shape index (κ2) is 7.79. The molecule has 0 aromatic heterocycles. The lowest BCUT2D eigenvalue weighted by Gasteiger charge is -2.08. The molecule has 0 amide bonds. The van der Waals surface area contributed by atoms with E-state index in [4.69, 9.17) is 18.1 Å². The number of hydrogen-bond acceptors (Lipinski definition) is 4. The van der Waals surface area contributed by atoms with Crippen LogP contribution in [0, 0.1) is 0 Å². The third-order valence-electron chi connectivity index (χ3n) is 1.78. The summed E-state index contributed by atoms with van der Waals surface area (Å²) in [5.41, 5.74) is -1.40. The zero-order chi connectivity index (χ0) is 15.3. The number of halogens is 3. The van der Waals surface area contributed by atoms with Crippen LogP contribution in [-0.2, 0) is 14.9 Å². The molecular weight excluding hydrogens is 307 g/mol. The van der Waals surface area contributed by atoms with Gasteiger partial charge in [0.05, 0.1) is 0 Å². The van der Waals surface area contributed by atoms with Gasteiger partial charge in [0, 0.05) is 5.56 Å². The second-order valence-corrected chi connectivity index (χ2v) is 4.57. The standard InChI is InChI=1S/C8H9NO2.CHF3O3S.H2O/c9-7(8(10)11)6-4-2-1-3-5-6;2-1(3,4)8(5,6)7;/h1-5,7H,9H2,(H,10,11);(H,5,6,7);1H2/t7-;;/m0../s1. The predicted molar refractivity (Wildman–Crippen MR) is 59.1 cm³/mol. The lowest BCUT2D eigenvalue weighted by Crippen LogP contribution is -2.57. The molecule has 1 aromatic carbocycles. The number of carboxylic acids is 1. The lowest BCUT2D eigenvalue weighted by molar-refractivity contribution is -0.413. The molecule has 0 saturated heterocycles. The maximum atomic E-state index is 10.7. The summed E-state index contributed by atoms with van der Waals surface area (Å²) >= 11 is 0. The Kier molecular flexibility index (Phi) is 8.03. The number of alkyl halides is 3. The average molecular weight is 319 g/mol. The van der Waals surface area contributed by atoms with Gasteiger partial charge in [-0.3, -0.25) is 0 Å². The summed E-state index contributed by atoms with van der Waals surface area (Å²) in [6.45, 7) is 0. The molecule has 6 N–H and O–H groups in total. The summed E-state index contributed by atoms with van der Waals surface area (Å²) in [7, 11) is -6.09. The van der Waals surface area contributed by atoms with Gasteiger partial charge in [-0.2, -0.15) is 13.2 Å². The largest absolute Gasteiger partial charge is 0.741 e. The molecular formula is C9H12F3NO6S. The van der Waals surface area contributed by atoms with Crippen molar-refractivity contribution in [2.24, 2.45) is 0 Å². The number of benzene rings is 1. The third-order valence-corrected chi connectivity index (χ3v) is 2.35. The van der Waals surface area contributed by atoms with Crippen LogP contribution in [0.15, 0.2) is 30.3 Å². The minimum atomic E-state index is -6.09. The molecule has 1 rings (SSSR count). The first kappa shape index (κ1) is 20.6. The van der Waals surface area contributed by atoms with Crippen LogP contribution in [0.4, 0.5) is 13.2 Å². The smallest absolute Gasteiger partial charge is 0.485 e. The van der Waals surface area contributed by atoms with Gasteiger partial charge < -0.3 is 20.9 Å². The lowest BCUT2D eigenvalue weighted by atomic mass is 10.1. The Morgan fingerprint density at radius 3 is 1.85 bits per heavy atom. The van der Waals surface area contributed by atoms with E-state index in [2.05, 4.69) is 5.73 Å². The van der Waals surface area contributed by atoms with Crippen molar-refractivity contribution >= 4 is 16.1 Å². The first-order valence-corrected chi connectivity index (χ1v) is 6.00. The molecule has 0 heterocycles. The van der Waals surface area contributed by atoms with Gasteiger partial charge in [-0.15, -0.1) is 0 Å². The quantitative estimate of drug-likeness (QED) is 0.544. The van der Waals surface area contributed by atoms with Crippen molar-refractivity contribution in [1.29, 1.82) is 0 Å². The molecule has 0 aliphatic rings. The highest BCUT2D eigenvalue weighted by Gasteiger charge is 2.36. The molecule has 0 aliphatic carbocycles. The van der Waals surface area contributed by atoms with Gasteiger partial charge in [-0.05, 0) is 0 Å². The number of quaternary nitrogens is 1. The van der Waals surface area contributed by atoms with Crippen molar-refractivity contribution in [1.82, 2.24) is 0 Å². The van der Waals surface area contributed by atoms with E-state index in [0.717, 1.165) is 5.56 Å². The van der Waals surface area contributed by atoms with E-state index in [0.29, 0.717) is 0 Å². The van der Waals surface area contributed by atoms with Crippen molar-refractivity contribution in [3.05, 3.63) is 35.9 Å². The Morgan fingerprint density at radius 2 is 1.60 bits per heavy atom. The van der Waals surface area contributed by atoms with E-state index in [1.54, 1.807) is 24.3 Å². The molecule has 0 fully saturated rings. The minimum absolute atomic E-state index is 0. The van der Waals surface area contributed by atoms with Gasteiger partial charge in [-0.1, -0.05) is 30.3 Å². The highest BCUT2D eigenvalue weighted by Crippen LogP contribution is 2.20. The van der Waals surface area contributed by atoms with Crippen LogP contribution in [-0.4, -0.2) is 35.0 Å². The van der Waals surface area contributed by atoms with Crippen LogP contribution in [0.3, 0.4) is 0 Å². The molecule has 0 spiro atoms. The van der Waals surface area contributed by atoms with Gasteiger partial charge in [0.1, 0.15) is 0 Å². The number of aliphatic carboxylic acids is 1. The van der Waals surface area contributed by atoms with E-state index >= 15 is 0 Å². The zero-order valence-corrected chi connectivity index (χ0v) is 10.6. The molecule has 0 radical (unpaired) electrons. The van der Waals surface area contributed by atoms with Crippen molar-refractivity contribution in [3.63, 3.8) is 0 Å². The molecule has 0 unspecified atom stereocenters. The van der Waals surface area contributed by atoms with E-state index in [1.807, 2.05) is 6.07 Å². The average Bonchev–Trinajstić information content (AvgIpc) is 2.27. The number of rotatable bonds is 2. The highest BCUT2D eigenvalue weighted by atomic mass is 32.2. The van der Waals surface area contributed by atoms with Crippen LogP contribution >= 0.6 is 0 Å². The fraction of sp³-hybridized carbons (Fsp3) is 0.222. The molecule has 0 saturated carbocycles. The first-order valence-electron chi connectivity index (χ1n) is 4.60. The summed E-state index contributed by atoms with van der Waals surface area (Å²) < 4.78 is 58.9. The predicted octanol–water partition coefficient (Wildman–Crippen LogP) is -0.719. The van der Waals surface area contributed by atoms with Crippen LogP contribution < -0.4 is 5.73 Å². The summed E-state index contributed by atoms with van der Waals surface area (Å²) in [4.78, 5) is 10.4. The monoisotopic (exact) mass is 319 g/mol. The molecule has 0 aliphatic heterocycles. The molecule has 0 bridgehead atoms. The maximum Gasteiger partial charge on any atom is 0.485 e. The van der Waals surface area contributed by atoms with E-state index < -0.39 is 27.6 Å². The van der Waals surface area contributed by atoms with E-state index in [1.165, 1.54) is 0 Å². The van der Waals surface area contributed by atoms with Gasteiger partial charge in [0.15, 0.2) is 10.1 Å². The van der Waals surface area contributed by atoms with Crippen LogP contribution in [0.2, 0.25) is 0 Å². The van der Waals surface area contributed by atoms with Crippen molar-refractivity contribution < 1.29 is 47.3 Å². The topological polar surface area (TPSA) is 154 Å². The Balaban J connectivity index is 0. The maximum absolute atomic E-state index is 10.7. The number of carboxylic acid groups (broad SMARTS) is 1. The highest BCUT2D eigenvalue weighted by molar-refractivity contribution is 7.86. The fourth-order valence-electron chi connectivity index (χ4n) is 0.828. The third kappa shape index (κ3) is 7.04. The molecule has 1 atom stereocenters. The minimum Gasteiger partial charge on any atom is -0.741 e. The molecule has 1 aromatic rings. The van der Waals surface area contributed by atoms with Gasteiger partial charge in [0.2, 0.25) is 6.04 Å². The van der Waals surface area contributed by atoms with Crippen molar-refractivity contribution in [2.45, 2.75) is 11.6 Å². The molecule has 20 heavy (non-hydrogen) atoms. The Labute approximate surface area is 111 Å². The number of carbonyl (C=O) groups is 1. The zero-order valence-electron chi connectivity index (χ0n) is 9.79.